The minimum absolute atomic E-state index is 0.000445. The van der Waals surface area contributed by atoms with Crippen molar-refractivity contribution in [2.45, 2.75) is 26.3 Å². The molecule has 0 aliphatic rings. The van der Waals surface area contributed by atoms with Gasteiger partial charge in [0.2, 0.25) is 5.91 Å². The SMILES string of the molecule is CC(=O)CCC(=O)N(C)Cc1c[nH]c2ccccc12. The Morgan fingerprint density at radius 2 is 1.95 bits per heavy atom. The van der Waals surface area contributed by atoms with E-state index in [2.05, 4.69) is 4.98 Å². The fourth-order valence-electron chi connectivity index (χ4n) is 2.08. The number of hydrogen-bond donors (Lipinski definition) is 1. The summed E-state index contributed by atoms with van der Waals surface area (Å²) in [6, 6.07) is 8.01. The monoisotopic (exact) mass is 258 g/mol. The minimum atomic E-state index is 0.000445. The van der Waals surface area contributed by atoms with E-state index >= 15 is 0 Å². The molecule has 100 valence electrons. The number of aromatic nitrogens is 1. The van der Waals surface area contributed by atoms with E-state index in [0.717, 1.165) is 16.5 Å². The molecule has 19 heavy (non-hydrogen) atoms. The summed E-state index contributed by atoms with van der Waals surface area (Å²) in [5.74, 6) is 0.0503. The Bertz CT molecular complexity index is 601. The molecule has 0 fully saturated rings. The van der Waals surface area contributed by atoms with Gasteiger partial charge in [-0.2, -0.15) is 0 Å². The fourth-order valence-corrected chi connectivity index (χ4v) is 2.08. The maximum Gasteiger partial charge on any atom is 0.223 e. The highest BCUT2D eigenvalue weighted by Gasteiger charge is 2.12. The molecule has 1 amide bonds. The van der Waals surface area contributed by atoms with Gasteiger partial charge in [-0.3, -0.25) is 4.79 Å². The van der Waals surface area contributed by atoms with Crippen molar-refractivity contribution < 1.29 is 9.59 Å². The Labute approximate surface area is 112 Å². The lowest BCUT2D eigenvalue weighted by atomic mass is 10.1. The second-order valence-corrected chi connectivity index (χ2v) is 4.81. The molecule has 0 bridgehead atoms. The van der Waals surface area contributed by atoms with Gasteiger partial charge in [0.1, 0.15) is 5.78 Å². The van der Waals surface area contributed by atoms with Crippen LogP contribution < -0.4 is 0 Å². The van der Waals surface area contributed by atoms with E-state index in [-0.39, 0.29) is 18.1 Å². The van der Waals surface area contributed by atoms with Gasteiger partial charge in [-0.1, -0.05) is 18.2 Å². The standard InChI is InChI=1S/C15H18N2O2/c1-11(18)7-8-15(19)17(2)10-12-9-16-14-6-4-3-5-13(12)14/h3-6,9,16H,7-8,10H2,1-2H3. The van der Waals surface area contributed by atoms with Crippen LogP contribution >= 0.6 is 0 Å². The Kier molecular flexibility index (Phi) is 4.00. The van der Waals surface area contributed by atoms with Crippen LogP contribution in [0.4, 0.5) is 0 Å². The van der Waals surface area contributed by atoms with Crippen LogP contribution in [0, 0.1) is 0 Å². The molecule has 0 atom stereocenters. The zero-order chi connectivity index (χ0) is 13.8. The van der Waals surface area contributed by atoms with E-state index in [0.29, 0.717) is 13.0 Å². The number of H-pyrrole nitrogens is 1. The maximum atomic E-state index is 11.9. The number of carbonyl (C=O) groups is 2. The fraction of sp³-hybridized carbons (Fsp3) is 0.333. The topological polar surface area (TPSA) is 53.2 Å². The van der Waals surface area contributed by atoms with E-state index < -0.39 is 0 Å². The van der Waals surface area contributed by atoms with Gasteiger partial charge in [0.15, 0.2) is 0 Å². The molecular formula is C15H18N2O2. The number of benzene rings is 1. The first-order chi connectivity index (χ1) is 9.08. The molecule has 0 aliphatic carbocycles. The maximum absolute atomic E-state index is 11.9. The van der Waals surface area contributed by atoms with Crippen molar-refractivity contribution in [3.8, 4) is 0 Å². The first-order valence-corrected chi connectivity index (χ1v) is 6.36. The number of para-hydroxylation sites is 1. The van der Waals surface area contributed by atoms with Crippen LogP contribution in [0.3, 0.4) is 0 Å². The summed E-state index contributed by atoms with van der Waals surface area (Å²) in [7, 11) is 1.77. The number of hydrogen-bond acceptors (Lipinski definition) is 2. The molecule has 1 N–H and O–H groups in total. The van der Waals surface area contributed by atoms with Gasteiger partial charge >= 0.3 is 0 Å². The molecule has 4 heteroatoms. The van der Waals surface area contributed by atoms with Gasteiger partial charge in [0, 0.05) is 43.5 Å². The number of nitrogens with zero attached hydrogens (tertiary/aromatic N) is 1. The summed E-state index contributed by atoms with van der Waals surface area (Å²) >= 11 is 0. The molecule has 4 nitrogen and oxygen atoms in total. The predicted molar refractivity (Wildman–Crippen MR) is 74.7 cm³/mol. The van der Waals surface area contributed by atoms with E-state index in [1.54, 1.807) is 11.9 Å². The normalized spacial score (nSPS) is 10.6. The van der Waals surface area contributed by atoms with Crippen LogP contribution in [0.15, 0.2) is 30.5 Å². The number of fused-ring (bicyclic) bond motifs is 1. The number of aromatic amines is 1. The van der Waals surface area contributed by atoms with Crippen molar-refractivity contribution in [1.29, 1.82) is 0 Å². The molecule has 0 aliphatic heterocycles. The Hall–Kier alpha value is -2.10. The molecule has 0 radical (unpaired) electrons. The average Bonchev–Trinajstić information content (AvgIpc) is 2.79. The lowest BCUT2D eigenvalue weighted by molar-refractivity contribution is -0.132. The summed E-state index contributed by atoms with van der Waals surface area (Å²) < 4.78 is 0. The van der Waals surface area contributed by atoms with Gasteiger partial charge in [-0.25, -0.2) is 0 Å². The van der Waals surface area contributed by atoms with Gasteiger partial charge in [0.25, 0.3) is 0 Å². The number of nitrogens with one attached hydrogen (secondary N) is 1. The van der Waals surface area contributed by atoms with Gasteiger partial charge in [-0.15, -0.1) is 0 Å². The second kappa shape index (κ2) is 5.69. The predicted octanol–water partition coefficient (Wildman–Crippen LogP) is 2.50. The van der Waals surface area contributed by atoms with Gasteiger partial charge in [-0.05, 0) is 18.6 Å². The number of amides is 1. The molecule has 2 rings (SSSR count). The summed E-state index contributed by atoms with van der Waals surface area (Å²) in [5, 5.41) is 1.13. The smallest absolute Gasteiger partial charge is 0.223 e. The number of ketones is 1. The quantitative estimate of drug-likeness (QED) is 0.895. The molecule has 2 aromatic rings. The summed E-state index contributed by atoms with van der Waals surface area (Å²) in [4.78, 5) is 27.6. The van der Waals surface area contributed by atoms with Crippen molar-refractivity contribution in [2.75, 3.05) is 7.05 Å². The molecule has 0 spiro atoms. The summed E-state index contributed by atoms with van der Waals surface area (Å²) in [6.07, 6.45) is 2.53. The zero-order valence-corrected chi connectivity index (χ0v) is 11.3. The van der Waals surface area contributed by atoms with Crippen molar-refractivity contribution in [3.05, 3.63) is 36.0 Å². The van der Waals surface area contributed by atoms with Crippen LogP contribution in [0.2, 0.25) is 0 Å². The van der Waals surface area contributed by atoms with Crippen LogP contribution in [-0.4, -0.2) is 28.6 Å². The Balaban J connectivity index is 2.04. The van der Waals surface area contributed by atoms with Crippen LogP contribution in [0.5, 0.6) is 0 Å². The van der Waals surface area contributed by atoms with E-state index in [1.165, 1.54) is 6.92 Å². The molecule has 0 unspecified atom stereocenters. The average molecular weight is 258 g/mol. The highest BCUT2D eigenvalue weighted by molar-refractivity contribution is 5.85. The molecule has 1 aromatic heterocycles. The van der Waals surface area contributed by atoms with Crippen LogP contribution in [-0.2, 0) is 16.1 Å². The highest BCUT2D eigenvalue weighted by Crippen LogP contribution is 2.19. The third kappa shape index (κ3) is 3.22. The van der Waals surface area contributed by atoms with E-state index in [1.807, 2.05) is 30.5 Å². The van der Waals surface area contributed by atoms with Crippen LogP contribution in [0.1, 0.15) is 25.3 Å². The van der Waals surface area contributed by atoms with E-state index in [4.69, 9.17) is 0 Å². The van der Waals surface area contributed by atoms with Gasteiger partial charge < -0.3 is 14.7 Å². The minimum Gasteiger partial charge on any atom is -0.361 e. The summed E-state index contributed by atoms with van der Waals surface area (Å²) in [5.41, 5.74) is 2.16. The van der Waals surface area contributed by atoms with Crippen molar-refractivity contribution in [1.82, 2.24) is 9.88 Å². The van der Waals surface area contributed by atoms with Crippen molar-refractivity contribution in [2.24, 2.45) is 0 Å². The molecule has 1 aromatic carbocycles. The molecular weight excluding hydrogens is 240 g/mol. The number of carbonyl (C=O) groups excluding carboxylic acids is 2. The molecule has 0 saturated heterocycles. The first-order valence-electron chi connectivity index (χ1n) is 6.36. The Morgan fingerprint density at radius 3 is 2.68 bits per heavy atom. The second-order valence-electron chi connectivity index (χ2n) is 4.81. The molecule has 0 saturated carbocycles. The third-order valence-electron chi connectivity index (χ3n) is 3.20. The zero-order valence-electron chi connectivity index (χ0n) is 11.3. The largest absolute Gasteiger partial charge is 0.361 e. The molecule has 1 heterocycles. The Morgan fingerprint density at radius 1 is 1.21 bits per heavy atom. The van der Waals surface area contributed by atoms with Crippen LogP contribution in [0.25, 0.3) is 10.9 Å². The lowest BCUT2D eigenvalue weighted by Gasteiger charge is -2.16. The third-order valence-corrected chi connectivity index (χ3v) is 3.20. The highest BCUT2D eigenvalue weighted by atomic mass is 16.2. The lowest BCUT2D eigenvalue weighted by Crippen LogP contribution is -2.26. The number of rotatable bonds is 5. The number of Topliss-reactive ketones (excluding diaryl/α,β-unsaturated/α-hetero) is 1. The van der Waals surface area contributed by atoms with E-state index in [9.17, 15) is 9.59 Å². The van der Waals surface area contributed by atoms with Crippen molar-refractivity contribution in [3.63, 3.8) is 0 Å². The first kappa shape index (κ1) is 13.3. The summed E-state index contributed by atoms with van der Waals surface area (Å²) in [6.45, 7) is 2.06. The van der Waals surface area contributed by atoms with Crippen molar-refractivity contribution >= 4 is 22.6 Å². The van der Waals surface area contributed by atoms with Gasteiger partial charge in [0.05, 0.1) is 0 Å².